The van der Waals surface area contributed by atoms with Crippen LogP contribution in [0.4, 0.5) is 4.79 Å². The van der Waals surface area contributed by atoms with E-state index in [-0.39, 0.29) is 6.09 Å². The number of ether oxygens (including phenoxy) is 2. The molecule has 0 aliphatic carbocycles. The largest absolute Gasteiger partial charge is 0.493 e. The van der Waals surface area contributed by atoms with E-state index in [1.807, 2.05) is 46.0 Å². The standard InChI is InChI=1S/C17H26N2O3/c1-17(2,3)22-16(20)19-10-14(11-19)12-21-15-7-5-6-13(8-15)9-18-4/h5-8,14,18H,9-12H2,1-4H3. The molecule has 0 atom stereocenters. The highest BCUT2D eigenvalue weighted by Gasteiger charge is 2.33. The Morgan fingerprint density at radius 3 is 2.73 bits per heavy atom. The summed E-state index contributed by atoms with van der Waals surface area (Å²) in [5.41, 5.74) is 0.760. The number of benzene rings is 1. The smallest absolute Gasteiger partial charge is 0.410 e. The number of nitrogens with one attached hydrogen (secondary N) is 1. The molecule has 2 rings (SSSR count). The predicted molar refractivity (Wildman–Crippen MR) is 86.0 cm³/mol. The Hall–Kier alpha value is -1.75. The first-order valence-electron chi connectivity index (χ1n) is 7.71. The summed E-state index contributed by atoms with van der Waals surface area (Å²) >= 11 is 0. The van der Waals surface area contributed by atoms with Gasteiger partial charge in [0.2, 0.25) is 0 Å². The third kappa shape index (κ3) is 4.91. The van der Waals surface area contributed by atoms with Crippen LogP contribution in [0.1, 0.15) is 26.3 Å². The maximum absolute atomic E-state index is 11.8. The molecule has 5 heteroatoms. The van der Waals surface area contributed by atoms with Gasteiger partial charge in [-0.05, 0) is 45.5 Å². The van der Waals surface area contributed by atoms with Crippen molar-refractivity contribution in [3.63, 3.8) is 0 Å². The molecule has 122 valence electrons. The second-order valence-corrected chi connectivity index (χ2v) is 6.74. The fraction of sp³-hybridized carbons (Fsp3) is 0.588. The number of nitrogens with zero attached hydrogens (tertiary/aromatic N) is 1. The molecule has 1 heterocycles. The summed E-state index contributed by atoms with van der Waals surface area (Å²) in [6.07, 6.45) is -0.236. The van der Waals surface area contributed by atoms with Crippen LogP contribution in [0.15, 0.2) is 24.3 Å². The summed E-state index contributed by atoms with van der Waals surface area (Å²) in [4.78, 5) is 13.6. The first-order chi connectivity index (χ1) is 10.4. The molecule has 0 spiro atoms. The van der Waals surface area contributed by atoms with E-state index in [9.17, 15) is 4.79 Å². The Morgan fingerprint density at radius 1 is 1.36 bits per heavy atom. The fourth-order valence-electron chi connectivity index (χ4n) is 2.31. The molecule has 1 aliphatic heterocycles. The molecule has 1 aromatic carbocycles. The molecule has 1 saturated heterocycles. The van der Waals surface area contributed by atoms with Crippen molar-refractivity contribution in [3.8, 4) is 5.75 Å². The average molecular weight is 306 g/mol. The van der Waals surface area contributed by atoms with Crippen LogP contribution in [0, 0.1) is 5.92 Å². The Balaban J connectivity index is 1.72. The van der Waals surface area contributed by atoms with E-state index in [0.29, 0.717) is 25.6 Å². The van der Waals surface area contributed by atoms with Gasteiger partial charge in [0.25, 0.3) is 0 Å². The lowest BCUT2D eigenvalue weighted by Gasteiger charge is -2.39. The van der Waals surface area contributed by atoms with E-state index >= 15 is 0 Å². The van der Waals surface area contributed by atoms with Crippen LogP contribution in [0.3, 0.4) is 0 Å². The van der Waals surface area contributed by atoms with Gasteiger partial charge in [-0.15, -0.1) is 0 Å². The molecule has 1 N–H and O–H groups in total. The van der Waals surface area contributed by atoms with Crippen molar-refractivity contribution >= 4 is 6.09 Å². The van der Waals surface area contributed by atoms with E-state index in [4.69, 9.17) is 9.47 Å². The number of hydrogen-bond acceptors (Lipinski definition) is 4. The van der Waals surface area contributed by atoms with Crippen molar-refractivity contribution in [2.75, 3.05) is 26.7 Å². The normalized spacial score (nSPS) is 15.4. The summed E-state index contributed by atoms with van der Waals surface area (Å²) in [7, 11) is 1.92. The fourth-order valence-corrected chi connectivity index (χ4v) is 2.31. The lowest BCUT2D eigenvalue weighted by molar-refractivity contribution is -0.00781. The van der Waals surface area contributed by atoms with Gasteiger partial charge >= 0.3 is 6.09 Å². The first-order valence-corrected chi connectivity index (χ1v) is 7.71. The van der Waals surface area contributed by atoms with E-state index < -0.39 is 5.60 Å². The summed E-state index contributed by atoms with van der Waals surface area (Å²) in [6.45, 7) is 8.49. The molecule has 0 aromatic heterocycles. The number of rotatable bonds is 5. The van der Waals surface area contributed by atoms with Crippen LogP contribution in [0.5, 0.6) is 5.75 Å². The zero-order valence-corrected chi connectivity index (χ0v) is 13.9. The molecule has 1 amide bonds. The lowest BCUT2D eigenvalue weighted by Crippen LogP contribution is -2.53. The highest BCUT2D eigenvalue weighted by Crippen LogP contribution is 2.21. The van der Waals surface area contributed by atoms with Crippen molar-refractivity contribution < 1.29 is 14.3 Å². The summed E-state index contributed by atoms with van der Waals surface area (Å²) in [5, 5.41) is 3.12. The van der Waals surface area contributed by atoms with E-state index in [2.05, 4.69) is 11.4 Å². The van der Waals surface area contributed by atoms with Crippen molar-refractivity contribution in [1.82, 2.24) is 10.2 Å². The van der Waals surface area contributed by atoms with Gasteiger partial charge in [0.1, 0.15) is 11.4 Å². The number of amides is 1. The van der Waals surface area contributed by atoms with Crippen LogP contribution < -0.4 is 10.1 Å². The summed E-state index contributed by atoms with van der Waals surface area (Å²) < 4.78 is 11.2. The van der Waals surface area contributed by atoms with E-state index in [1.54, 1.807) is 4.90 Å². The SMILES string of the molecule is CNCc1cccc(OCC2CN(C(=O)OC(C)(C)C)C2)c1. The average Bonchev–Trinajstić information content (AvgIpc) is 2.35. The van der Waals surface area contributed by atoms with Gasteiger partial charge in [-0.2, -0.15) is 0 Å². The maximum atomic E-state index is 11.8. The Kier molecular flexibility index (Phi) is 5.29. The molecule has 1 aromatic rings. The molecule has 0 bridgehead atoms. The predicted octanol–water partition coefficient (Wildman–Crippen LogP) is 2.65. The van der Waals surface area contributed by atoms with Crippen molar-refractivity contribution in [1.29, 1.82) is 0 Å². The van der Waals surface area contributed by atoms with Crippen molar-refractivity contribution in [2.45, 2.75) is 32.9 Å². The van der Waals surface area contributed by atoms with Crippen LogP contribution in [-0.2, 0) is 11.3 Å². The molecule has 1 aliphatic rings. The highest BCUT2D eigenvalue weighted by atomic mass is 16.6. The quantitative estimate of drug-likeness (QED) is 0.908. The minimum Gasteiger partial charge on any atom is -0.493 e. The van der Waals surface area contributed by atoms with Crippen LogP contribution >= 0.6 is 0 Å². The van der Waals surface area contributed by atoms with Crippen LogP contribution in [0.2, 0.25) is 0 Å². The molecule has 5 nitrogen and oxygen atoms in total. The number of likely N-dealkylation sites (tertiary alicyclic amines) is 1. The second-order valence-electron chi connectivity index (χ2n) is 6.74. The van der Waals surface area contributed by atoms with Gasteiger partial charge in [0.05, 0.1) is 6.61 Å². The number of hydrogen-bond donors (Lipinski definition) is 1. The molecule has 0 radical (unpaired) electrons. The molecule has 0 unspecified atom stereocenters. The van der Waals surface area contributed by atoms with Gasteiger partial charge < -0.3 is 19.7 Å². The van der Waals surface area contributed by atoms with Gasteiger partial charge in [-0.1, -0.05) is 12.1 Å². The summed E-state index contributed by atoms with van der Waals surface area (Å²) in [5.74, 6) is 1.25. The zero-order chi connectivity index (χ0) is 16.2. The number of carbonyl (C=O) groups is 1. The van der Waals surface area contributed by atoms with Gasteiger partial charge in [0.15, 0.2) is 0 Å². The van der Waals surface area contributed by atoms with Gasteiger partial charge in [0, 0.05) is 25.6 Å². The highest BCUT2D eigenvalue weighted by molar-refractivity contribution is 5.69. The van der Waals surface area contributed by atoms with Crippen LogP contribution in [-0.4, -0.2) is 43.3 Å². The molecule has 22 heavy (non-hydrogen) atoms. The Labute approximate surface area is 132 Å². The zero-order valence-electron chi connectivity index (χ0n) is 13.9. The first kappa shape index (κ1) is 16.6. The summed E-state index contributed by atoms with van der Waals surface area (Å²) in [6, 6.07) is 8.07. The minimum atomic E-state index is -0.438. The molecular weight excluding hydrogens is 280 g/mol. The maximum Gasteiger partial charge on any atom is 0.410 e. The minimum absolute atomic E-state index is 0.236. The third-order valence-electron chi connectivity index (χ3n) is 3.37. The molecule has 0 saturated carbocycles. The van der Waals surface area contributed by atoms with E-state index in [0.717, 1.165) is 12.3 Å². The number of carbonyl (C=O) groups excluding carboxylic acids is 1. The third-order valence-corrected chi connectivity index (χ3v) is 3.37. The molecule has 1 fully saturated rings. The van der Waals surface area contributed by atoms with Gasteiger partial charge in [-0.3, -0.25) is 0 Å². The second kappa shape index (κ2) is 7.01. The van der Waals surface area contributed by atoms with Crippen LogP contribution in [0.25, 0.3) is 0 Å². The molecular formula is C17H26N2O3. The lowest BCUT2D eigenvalue weighted by atomic mass is 10.0. The van der Waals surface area contributed by atoms with E-state index in [1.165, 1.54) is 5.56 Å². The van der Waals surface area contributed by atoms with Crippen molar-refractivity contribution in [2.24, 2.45) is 5.92 Å². The van der Waals surface area contributed by atoms with Gasteiger partial charge in [-0.25, -0.2) is 4.79 Å². The topological polar surface area (TPSA) is 50.8 Å². The Morgan fingerprint density at radius 2 is 2.09 bits per heavy atom. The monoisotopic (exact) mass is 306 g/mol. The Bertz CT molecular complexity index is 505. The van der Waals surface area contributed by atoms with Crippen molar-refractivity contribution in [3.05, 3.63) is 29.8 Å².